The highest BCUT2D eigenvalue weighted by atomic mass is 16.5. The summed E-state index contributed by atoms with van der Waals surface area (Å²) >= 11 is 0. The summed E-state index contributed by atoms with van der Waals surface area (Å²) in [5, 5.41) is 9.21. The van der Waals surface area contributed by atoms with Crippen LogP contribution in [-0.2, 0) is 14.3 Å². The largest absolute Gasteiger partial charge is 0.503 e. The third-order valence-corrected chi connectivity index (χ3v) is 1.67. The number of hydrogen-bond donors (Lipinski definition) is 1. The Morgan fingerprint density at radius 2 is 2.46 bits per heavy atom. The molecule has 0 aromatic rings. The molecule has 0 saturated carbocycles. The second-order valence-electron chi connectivity index (χ2n) is 2.49. The molecule has 1 aliphatic rings. The zero-order valence-corrected chi connectivity index (χ0v) is 6.90. The average Bonchev–Trinajstić information content (AvgIpc) is 2.13. The Morgan fingerprint density at radius 3 is 3.15 bits per heavy atom. The van der Waals surface area contributed by atoms with Crippen LogP contribution in [-0.4, -0.2) is 30.3 Å². The van der Waals surface area contributed by atoms with Crippen LogP contribution in [0, 0.1) is 0 Å². The quantitative estimate of drug-likeness (QED) is 0.504. The van der Waals surface area contributed by atoms with E-state index in [9.17, 15) is 14.7 Å². The van der Waals surface area contributed by atoms with Crippen LogP contribution in [0.25, 0.3) is 0 Å². The first kappa shape index (κ1) is 9.44. The van der Waals surface area contributed by atoms with Gasteiger partial charge in [0.1, 0.15) is 0 Å². The molecule has 0 unspecified atom stereocenters. The maximum atomic E-state index is 10.8. The van der Waals surface area contributed by atoms with Crippen LogP contribution in [0.15, 0.2) is 16.3 Å². The number of rotatable bonds is 4. The summed E-state index contributed by atoms with van der Waals surface area (Å²) in [4.78, 5) is 24.0. The van der Waals surface area contributed by atoms with E-state index >= 15 is 0 Å². The van der Waals surface area contributed by atoms with Gasteiger partial charge in [0.25, 0.3) is 6.47 Å². The lowest BCUT2D eigenvalue weighted by molar-refractivity contribution is -0.128. The Bertz CT molecular complexity index is 280. The van der Waals surface area contributed by atoms with Crippen LogP contribution in [0.3, 0.4) is 0 Å². The molecule has 0 aliphatic carbocycles. The zero-order chi connectivity index (χ0) is 9.68. The molecule has 1 heterocycles. The van der Waals surface area contributed by atoms with Crippen LogP contribution < -0.4 is 0 Å². The number of aliphatic imine (C=N–C) groups is 1. The van der Waals surface area contributed by atoms with Gasteiger partial charge in [-0.3, -0.25) is 9.59 Å². The van der Waals surface area contributed by atoms with Crippen molar-refractivity contribution in [2.45, 2.75) is 12.8 Å². The highest BCUT2D eigenvalue weighted by molar-refractivity contribution is 5.99. The molecule has 5 nitrogen and oxygen atoms in total. The minimum atomic E-state index is -0.632. The first-order valence-electron chi connectivity index (χ1n) is 3.78. The van der Waals surface area contributed by atoms with E-state index in [-0.39, 0.29) is 12.4 Å². The van der Waals surface area contributed by atoms with Crippen molar-refractivity contribution in [3.63, 3.8) is 0 Å². The molecule has 1 N–H and O–H groups in total. The molecule has 0 aromatic carbocycles. The van der Waals surface area contributed by atoms with Gasteiger partial charge in [-0.1, -0.05) is 0 Å². The second kappa shape index (κ2) is 4.39. The lowest BCUT2D eigenvalue weighted by Crippen LogP contribution is -2.10. The van der Waals surface area contributed by atoms with Gasteiger partial charge in [0.05, 0.1) is 6.61 Å². The van der Waals surface area contributed by atoms with Gasteiger partial charge in [0, 0.05) is 19.1 Å². The fourth-order valence-corrected chi connectivity index (χ4v) is 0.998. The predicted molar refractivity (Wildman–Crippen MR) is 44.4 cm³/mol. The van der Waals surface area contributed by atoms with Gasteiger partial charge in [-0.2, -0.15) is 0 Å². The van der Waals surface area contributed by atoms with Crippen molar-refractivity contribution in [3.05, 3.63) is 11.3 Å². The Kier molecular flexibility index (Phi) is 3.19. The summed E-state index contributed by atoms with van der Waals surface area (Å²) in [6.45, 7) is 0.500. The van der Waals surface area contributed by atoms with Gasteiger partial charge in [-0.25, -0.2) is 4.99 Å². The minimum absolute atomic E-state index is 0.171. The topological polar surface area (TPSA) is 76.0 Å². The van der Waals surface area contributed by atoms with Crippen molar-refractivity contribution in [1.29, 1.82) is 0 Å². The smallest absolute Gasteiger partial charge is 0.311 e. The fourth-order valence-electron chi connectivity index (χ4n) is 0.998. The summed E-state index contributed by atoms with van der Waals surface area (Å²) < 4.78 is 4.44. The number of aliphatic hydroxyl groups excluding tert-OH is 1. The van der Waals surface area contributed by atoms with E-state index in [4.69, 9.17) is 0 Å². The van der Waals surface area contributed by atoms with Gasteiger partial charge < -0.3 is 9.84 Å². The molecule has 0 spiro atoms. The third kappa shape index (κ3) is 2.40. The normalized spacial score (nSPS) is 16.2. The van der Waals surface area contributed by atoms with Gasteiger partial charge in [-0.15, -0.1) is 0 Å². The maximum Gasteiger partial charge on any atom is 0.311 e. The van der Waals surface area contributed by atoms with Crippen molar-refractivity contribution >= 4 is 18.6 Å². The molecule has 0 fully saturated rings. The number of carbonyl (C=O) groups excluding carboxylic acids is 2. The lowest BCUT2D eigenvalue weighted by atomic mass is 10.1. The van der Waals surface area contributed by atoms with Gasteiger partial charge in [0.2, 0.25) is 0 Å². The fraction of sp³-hybridized carbons (Fsp3) is 0.375. The van der Waals surface area contributed by atoms with Gasteiger partial charge in [-0.05, 0) is 5.57 Å². The van der Waals surface area contributed by atoms with Crippen molar-refractivity contribution in [1.82, 2.24) is 0 Å². The molecule has 0 radical (unpaired) electrons. The SMILES string of the molecule is O=COCCC1=C(O)C(=O)N=CC1. The van der Waals surface area contributed by atoms with E-state index in [1.807, 2.05) is 0 Å². The molecular formula is C8H9NO4. The Morgan fingerprint density at radius 1 is 1.69 bits per heavy atom. The number of aliphatic hydroxyl groups is 1. The monoisotopic (exact) mass is 183 g/mol. The van der Waals surface area contributed by atoms with E-state index in [1.165, 1.54) is 6.21 Å². The minimum Gasteiger partial charge on any atom is -0.503 e. The van der Waals surface area contributed by atoms with Crippen molar-refractivity contribution in [2.75, 3.05) is 6.61 Å². The molecule has 0 saturated heterocycles. The summed E-state index contributed by atoms with van der Waals surface area (Å²) in [5.74, 6) is -0.954. The molecule has 1 aliphatic heterocycles. The molecule has 13 heavy (non-hydrogen) atoms. The number of ether oxygens (including phenoxy) is 1. The number of carbonyl (C=O) groups is 2. The van der Waals surface area contributed by atoms with Crippen LogP contribution >= 0.6 is 0 Å². The van der Waals surface area contributed by atoms with Crippen molar-refractivity contribution < 1.29 is 19.4 Å². The standard InChI is InChI=1S/C8H9NO4/c10-5-13-4-2-6-1-3-9-8(12)7(6)11/h3,5,11H,1-2,4H2. The van der Waals surface area contributed by atoms with E-state index in [1.54, 1.807) is 0 Å². The zero-order valence-electron chi connectivity index (χ0n) is 6.90. The molecule has 0 atom stereocenters. The molecule has 0 bridgehead atoms. The Balaban J connectivity index is 2.52. The van der Waals surface area contributed by atoms with Crippen LogP contribution in [0.1, 0.15) is 12.8 Å². The highest BCUT2D eigenvalue weighted by Crippen LogP contribution is 2.15. The maximum absolute atomic E-state index is 10.8. The second-order valence-corrected chi connectivity index (χ2v) is 2.49. The Hall–Kier alpha value is -1.65. The number of nitrogens with zero attached hydrogens (tertiary/aromatic N) is 1. The van der Waals surface area contributed by atoms with Crippen molar-refractivity contribution in [2.24, 2.45) is 4.99 Å². The van der Waals surface area contributed by atoms with E-state index < -0.39 is 5.91 Å². The van der Waals surface area contributed by atoms with E-state index in [0.717, 1.165) is 0 Å². The van der Waals surface area contributed by atoms with Gasteiger partial charge >= 0.3 is 5.91 Å². The third-order valence-electron chi connectivity index (χ3n) is 1.67. The number of dihydropyridines is 1. The summed E-state index contributed by atoms with van der Waals surface area (Å²) in [7, 11) is 0. The first-order chi connectivity index (χ1) is 6.25. The van der Waals surface area contributed by atoms with Crippen molar-refractivity contribution in [3.8, 4) is 0 Å². The molecule has 5 heteroatoms. The molecule has 0 aromatic heterocycles. The predicted octanol–water partition coefficient (Wildman–Crippen LogP) is 0.363. The lowest BCUT2D eigenvalue weighted by Gasteiger charge is -2.08. The van der Waals surface area contributed by atoms with E-state index in [0.29, 0.717) is 24.9 Å². The summed E-state index contributed by atoms with van der Waals surface area (Å²) in [6, 6.07) is 0. The highest BCUT2D eigenvalue weighted by Gasteiger charge is 2.16. The van der Waals surface area contributed by atoms with E-state index in [2.05, 4.69) is 9.73 Å². The van der Waals surface area contributed by atoms with Crippen LogP contribution in [0.4, 0.5) is 0 Å². The molecule has 1 rings (SSSR count). The number of hydrogen-bond acceptors (Lipinski definition) is 4. The first-order valence-corrected chi connectivity index (χ1v) is 3.78. The Labute approximate surface area is 74.7 Å². The van der Waals surface area contributed by atoms with Crippen LogP contribution in [0.2, 0.25) is 0 Å². The summed E-state index contributed by atoms with van der Waals surface area (Å²) in [6.07, 6.45) is 2.22. The molecule has 1 amide bonds. The molecular weight excluding hydrogens is 174 g/mol. The van der Waals surface area contributed by atoms with Crippen LogP contribution in [0.5, 0.6) is 0 Å². The molecule has 70 valence electrons. The summed E-state index contributed by atoms with van der Waals surface area (Å²) in [5.41, 5.74) is 0.557. The number of amides is 1. The average molecular weight is 183 g/mol. The van der Waals surface area contributed by atoms with Gasteiger partial charge in [0.15, 0.2) is 5.76 Å².